The molecule has 0 saturated carbocycles. The van der Waals surface area contributed by atoms with Crippen LogP contribution in [0.1, 0.15) is 30.5 Å². The smallest absolute Gasteiger partial charge is 0.229 e. The van der Waals surface area contributed by atoms with Crippen molar-refractivity contribution in [1.82, 2.24) is 10.6 Å². The van der Waals surface area contributed by atoms with Crippen LogP contribution in [0.15, 0.2) is 54.6 Å². The molecule has 0 aliphatic rings. The van der Waals surface area contributed by atoms with Crippen molar-refractivity contribution in [2.75, 3.05) is 13.7 Å². The molecule has 0 saturated heterocycles. The van der Waals surface area contributed by atoms with Crippen LogP contribution >= 0.6 is 0 Å². The zero-order chi connectivity index (χ0) is 18.1. The van der Waals surface area contributed by atoms with E-state index < -0.39 is 0 Å². The van der Waals surface area contributed by atoms with Crippen LogP contribution in [0.4, 0.5) is 0 Å². The van der Waals surface area contributed by atoms with Crippen LogP contribution in [0.5, 0.6) is 5.75 Å². The van der Waals surface area contributed by atoms with Gasteiger partial charge in [0.15, 0.2) is 0 Å². The van der Waals surface area contributed by atoms with Crippen LogP contribution < -0.4 is 15.4 Å². The van der Waals surface area contributed by atoms with Crippen LogP contribution in [0, 0.1) is 0 Å². The normalized spacial score (nSPS) is 11.4. The van der Waals surface area contributed by atoms with Gasteiger partial charge in [-0.3, -0.25) is 9.59 Å². The maximum absolute atomic E-state index is 12.0. The second-order valence-electron chi connectivity index (χ2n) is 5.79. The Morgan fingerprint density at radius 3 is 2.40 bits per heavy atom. The van der Waals surface area contributed by atoms with Crippen LogP contribution in [-0.4, -0.2) is 25.5 Å². The van der Waals surface area contributed by atoms with Crippen molar-refractivity contribution in [3.05, 3.63) is 65.7 Å². The number of carbonyl (C=O) groups is 2. The van der Waals surface area contributed by atoms with Crippen LogP contribution in [0.25, 0.3) is 0 Å². The number of carbonyl (C=O) groups excluding carboxylic acids is 2. The standard InChI is InChI=1S/C20H24N2O3/c1-15(16-8-4-3-5-9-16)22-20(24)14-19(23)21-13-12-17-10-6-7-11-18(17)25-2/h3-11,15H,12-14H2,1-2H3,(H,21,23)(H,22,24). The lowest BCUT2D eigenvalue weighted by Crippen LogP contribution is -2.34. The zero-order valence-electron chi connectivity index (χ0n) is 14.6. The molecule has 0 heterocycles. The summed E-state index contributed by atoms with van der Waals surface area (Å²) in [5.41, 5.74) is 2.03. The molecular formula is C20H24N2O3. The highest BCUT2D eigenvalue weighted by Crippen LogP contribution is 2.17. The number of methoxy groups -OCH3 is 1. The summed E-state index contributed by atoms with van der Waals surface area (Å²) in [5, 5.41) is 5.60. The predicted molar refractivity (Wildman–Crippen MR) is 97.3 cm³/mol. The number of ether oxygens (including phenoxy) is 1. The van der Waals surface area contributed by atoms with Gasteiger partial charge in [0.25, 0.3) is 0 Å². The lowest BCUT2D eigenvalue weighted by molar-refractivity contribution is -0.129. The fourth-order valence-corrected chi connectivity index (χ4v) is 2.57. The molecule has 0 aliphatic carbocycles. The maximum Gasteiger partial charge on any atom is 0.229 e. The number of benzene rings is 2. The van der Waals surface area contributed by atoms with Gasteiger partial charge >= 0.3 is 0 Å². The van der Waals surface area contributed by atoms with Crippen molar-refractivity contribution in [1.29, 1.82) is 0 Å². The minimum absolute atomic E-state index is 0.130. The second-order valence-corrected chi connectivity index (χ2v) is 5.79. The topological polar surface area (TPSA) is 67.4 Å². The van der Waals surface area contributed by atoms with Crippen molar-refractivity contribution >= 4 is 11.8 Å². The summed E-state index contributed by atoms with van der Waals surface area (Å²) in [5.74, 6) is 0.227. The van der Waals surface area contributed by atoms with Gasteiger partial charge in [-0.25, -0.2) is 0 Å². The van der Waals surface area contributed by atoms with Gasteiger partial charge in [0.2, 0.25) is 11.8 Å². The van der Waals surface area contributed by atoms with E-state index in [9.17, 15) is 9.59 Å². The van der Waals surface area contributed by atoms with Gasteiger partial charge in [0.05, 0.1) is 13.2 Å². The first-order valence-corrected chi connectivity index (χ1v) is 8.33. The Labute approximate surface area is 148 Å². The molecule has 2 aromatic carbocycles. The van der Waals surface area contributed by atoms with Gasteiger partial charge in [0.1, 0.15) is 12.2 Å². The SMILES string of the molecule is COc1ccccc1CCNC(=O)CC(=O)NC(C)c1ccccc1. The second kappa shape index (κ2) is 9.47. The Balaban J connectivity index is 1.73. The van der Waals surface area contributed by atoms with E-state index >= 15 is 0 Å². The Morgan fingerprint density at radius 1 is 1.00 bits per heavy atom. The highest BCUT2D eigenvalue weighted by Gasteiger charge is 2.13. The fraction of sp³-hybridized carbons (Fsp3) is 0.300. The molecule has 2 N–H and O–H groups in total. The molecule has 5 nitrogen and oxygen atoms in total. The number of amides is 2. The van der Waals surface area contributed by atoms with Crippen molar-refractivity contribution < 1.29 is 14.3 Å². The average molecular weight is 340 g/mol. The van der Waals surface area contributed by atoms with Gasteiger partial charge in [-0.1, -0.05) is 48.5 Å². The molecular weight excluding hydrogens is 316 g/mol. The molecule has 132 valence electrons. The summed E-state index contributed by atoms with van der Waals surface area (Å²) < 4.78 is 5.28. The van der Waals surface area contributed by atoms with E-state index in [0.29, 0.717) is 13.0 Å². The van der Waals surface area contributed by atoms with Crippen molar-refractivity contribution in [3.63, 3.8) is 0 Å². The molecule has 0 aromatic heterocycles. The Bertz CT molecular complexity index is 701. The monoisotopic (exact) mass is 340 g/mol. The van der Waals surface area contributed by atoms with E-state index in [-0.39, 0.29) is 24.3 Å². The molecule has 0 spiro atoms. The van der Waals surface area contributed by atoms with Crippen LogP contribution in [0.3, 0.4) is 0 Å². The summed E-state index contributed by atoms with van der Waals surface area (Å²) in [4.78, 5) is 23.9. The van der Waals surface area contributed by atoms with E-state index in [1.54, 1.807) is 7.11 Å². The fourth-order valence-electron chi connectivity index (χ4n) is 2.57. The van der Waals surface area contributed by atoms with Gasteiger partial charge in [-0.15, -0.1) is 0 Å². The number of rotatable bonds is 8. The number of nitrogens with one attached hydrogen (secondary N) is 2. The summed E-state index contributed by atoms with van der Waals surface area (Å²) in [7, 11) is 1.62. The first-order valence-electron chi connectivity index (χ1n) is 8.33. The first-order chi connectivity index (χ1) is 12.1. The van der Waals surface area contributed by atoms with Crippen LogP contribution in [0.2, 0.25) is 0 Å². The molecule has 2 rings (SSSR count). The summed E-state index contributed by atoms with van der Waals surface area (Å²) in [6.07, 6.45) is 0.473. The Kier molecular flexibility index (Phi) is 7.01. The zero-order valence-corrected chi connectivity index (χ0v) is 14.6. The molecule has 2 aromatic rings. The summed E-state index contributed by atoms with van der Waals surface area (Å²) in [6, 6.07) is 17.2. The van der Waals surface area contributed by atoms with Crippen molar-refractivity contribution in [3.8, 4) is 5.75 Å². The van der Waals surface area contributed by atoms with E-state index in [1.807, 2.05) is 61.5 Å². The summed E-state index contributed by atoms with van der Waals surface area (Å²) >= 11 is 0. The highest BCUT2D eigenvalue weighted by atomic mass is 16.5. The number of para-hydroxylation sites is 1. The molecule has 1 atom stereocenters. The van der Waals surface area contributed by atoms with Gasteiger partial charge < -0.3 is 15.4 Å². The molecule has 0 bridgehead atoms. The predicted octanol–water partition coefficient (Wildman–Crippen LogP) is 2.62. The minimum Gasteiger partial charge on any atom is -0.496 e. The Hall–Kier alpha value is -2.82. The largest absolute Gasteiger partial charge is 0.496 e. The first kappa shape index (κ1) is 18.5. The lowest BCUT2D eigenvalue weighted by Gasteiger charge is -2.14. The van der Waals surface area contributed by atoms with E-state index in [0.717, 1.165) is 16.9 Å². The highest BCUT2D eigenvalue weighted by molar-refractivity contribution is 5.97. The van der Waals surface area contributed by atoms with E-state index in [2.05, 4.69) is 10.6 Å². The quantitative estimate of drug-likeness (QED) is 0.726. The summed E-state index contributed by atoms with van der Waals surface area (Å²) in [6.45, 7) is 2.35. The molecule has 0 radical (unpaired) electrons. The third-order valence-corrected chi connectivity index (χ3v) is 3.91. The molecule has 2 amide bonds. The van der Waals surface area contributed by atoms with E-state index in [4.69, 9.17) is 4.74 Å². The van der Waals surface area contributed by atoms with Crippen LogP contribution in [-0.2, 0) is 16.0 Å². The van der Waals surface area contributed by atoms with Gasteiger partial charge in [-0.05, 0) is 30.5 Å². The van der Waals surface area contributed by atoms with Crippen molar-refractivity contribution in [2.45, 2.75) is 25.8 Å². The van der Waals surface area contributed by atoms with E-state index in [1.165, 1.54) is 0 Å². The number of hydrogen-bond acceptors (Lipinski definition) is 3. The third-order valence-electron chi connectivity index (χ3n) is 3.91. The number of hydrogen-bond donors (Lipinski definition) is 2. The molecule has 0 fully saturated rings. The van der Waals surface area contributed by atoms with Gasteiger partial charge in [-0.2, -0.15) is 0 Å². The average Bonchev–Trinajstić information content (AvgIpc) is 2.62. The maximum atomic E-state index is 12.0. The molecule has 5 heteroatoms. The molecule has 25 heavy (non-hydrogen) atoms. The lowest BCUT2D eigenvalue weighted by atomic mass is 10.1. The Morgan fingerprint density at radius 2 is 1.68 bits per heavy atom. The molecule has 0 aliphatic heterocycles. The van der Waals surface area contributed by atoms with Gasteiger partial charge in [0, 0.05) is 6.54 Å². The molecule has 1 unspecified atom stereocenters. The third kappa shape index (κ3) is 5.95. The minimum atomic E-state index is -0.286. The van der Waals surface area contributed by atoms with Crippen molar-refractivity contribution in [2.24, 2.45) is 0 Å².